The van der Waals surface area contributed by atoms with Crippen molar-refractivity contribution in [1.29, 1.82) is 0 Å². The summed E-state index contributed by atoms with van der Waals surface area (Å²) in [6.07, 6.45) is 26.4. The van der Waals surface area contributed by atoms with Gasteiger partial charge in [0.05, 0.1) is 26.2 Å². The van der Waals surface area contributed by atoms with Crippen LogP contribution in [0, 0.1) is 0 Å². The van der Waals surface area contributed by atoms with Crippen LogP contribution in [0.2, 0.25) is 0 Å². The van der Waals surface area contributed by atoms with Crippen molar-refractivity contribution < 1.29 is 4.48 Å². The molecule has 0 aromatic carbocycles. The monoisotopic (exact) mass is 352 g/mol. The molecule has 150 valence electrons. The Labute approximate surface area is 160 Å². The summed E-state index contributed by atoms with van der Waals surface area (Å²) in [6, 6.07) is 0. The summed E-state index contributed by atoms with van der Waals surface area (Å²) >= 11 is 0. The number of rotatable bonds is 18. The second-order valence-corrected chi connectivity index (χ2v) is 8.89. The lowest BCUT2D eigenvalue weighted by Crippen LogP contribution is -2.46. The molecule has 0 N–H and O–H groups in total. The first-order valence-electron chi connectivity index (χ1n) is 12.2. The van der Waals surface area contributed by atoms with Gasteiger partial charge in [-0.2, -0.15) is 0 Å². The van der Waals surface area contributed by atoms with Crippen molar-refractivity contribution in [2.24, 2.45) is 0 Å². The molecule has 0 spiro atoms. The van der Waals surface area contributed by atoms with Crippen molar-refractivity contribution in [3.63, 3.8) is 0 Å². The van der Waals surface area contributed by atoms with Gasteiger partial charge in [-0.3, -0.25) is 0 Å². The van der Waals surface area contributed by atoms with Gasteiger partial charge < -0.3 is 4.48 Å². The number of hydrogen-bond donors (Lipinski definition) is 0. The van der Waals surface area contributed by atoms with Crippen LogP contribution in [0.5, 0.6) is 0 Å². The number of likely N-dealkylation sites (tertiary alicyclic amines) is 1. The fourth-order valence-electron chi connectivity index (χ4n) is 4.73. The van der Waals surface area contributed by atoms with Crippen LogP contribution in [0.4, 0.5) is 0 Å². The Kier molecular flexibility index (Phi) is 14.9. The number of hydrogen-bond acceptors (Lipinski definition) is 0. The number of nitrogens with zero attached hydrogens (tertiary/aromatic N) is 1. The van der Waals surface area contributed by atoms with Gasteiger partial charge in [-0.25, -0.2) is 0 Å². The number of unbranched alkanes of at least 4 members (excludes halogenated alkanes) is 14. The maximum atomic E-state index is 2.31. The Hall–Kier alpha value is -0.0400. The van der Waals surface area contributed by atoms with E-state index < -0.39 is 0 Å². The molecule has 1 heteroatoms. The molecule has 0 amide bonds. The second-order valence-electron chi connectivity index (χ2n) is 8.89. The highest BCUT2D eigenvalue weighted by Gasteiger charge is 2.30. The maximum absolute atomic E-state index is 2.31. The van der Waals surface area contributed by atoms with Crippen LogP contribution in [0.3, 0.4) is 0 Å². The van der Waals surface area contributed by atoms with Crippen LogP contribution in [-0.4, -0.2) is 30.7 Å². The van der Waals surface area contributed by atoms with Gasteiger partial charge in [0, 0.05) is 12.8 Å². The molecule has 0 aromatic heterocycles. The third-order valence-corrected chi connectivity index (χ3v) is 6.49. The van der Waals surface area contributed by atoms with E-state index in [0.29, 0.717) is 0 Å². The lowest BCUT2D eigenvalue weighted by atomic mass is 10.1. The minimum atomic E-state index is 1.37. The van der Waals surface area contributed by atoms with Gasteiger partial charge in [-0.15, -0.1) is 0 Å². The predicted octanol–water partition coefficient (Wildman–Crippen LogP) is 7.88. The summed E-state index contributed by atoms with van der Waals surface area (Å²) in [5, 5.41) is 0. The average molecular weight is 353 g/mol. The summed E-state index contributed by atoms with van der Waals surface area (Å²) in [5.74, 6) is 0. The molecule has 0 saturated carbocycles. The molecule has 0 atom stereocenters. The van der Waals surface area contributed by atoms with Gasteiger partial charge in [0.2, 0.25) is 0 Å². The molecule has 0 aromatic rings. The predicted molar refractivity (Wildman–Crippen MR) is 114 cm³/mol. The molecule has 1 rings (SSSR count). The lowest BCUT2D eigenvalue weighted by Gasteiger charge is -2.34. The minimum absolute atomic E-state index is 1.37. The minimum Gasteiger partial charge on any atom is -0.324 e. The smallest absolute Gasteiger partial charge is 0.0788 e. The van der Waals surface area contributed by atoms with Crippen LogP contribution in [0.15, 0.2) is 0 Å². The van der Waals surface area contributed by atoms with E-state index in [9.17, 15) is 0 Å². The molecule has 1 nitrogen and oxygen atoms in total. The molecule has 0 unspecified atom stereocenters. The first-order chi connectivity index (χ1) is 12.3. The normalized spacial score (nSPS) is 16.6. The first-order valence-corrected chi connectivity index (χ1v) is 12.2. The summed E-state index contributed by atoms with van der Waals surface area (Å²) in [6.45, 7) is 10.6. The van der Waals surface area contributed by atoms with E-state index in [0.717, 1.165) is 0 Å². The fourth-order valence-corrected chi connectivity index (χ4v) is 4.73. The molecule has 25 heavy (non-hydrogen) atoms. The topological polar surface area (TPSA) is 0 Å². The Morgan fingerprint density at radius 3 is 1.12 bits per heavy atom. The van der Waals surface area contributed by atoms with Crippen molar-refractivity contribution in [3.8, 4) is 0 Å². The quantitative estimate of drug-likeness (QED) is 0.174. The molecular weight excluding hydrogens is 302 g/mol. The van der Waals surface area contributed by atoms with Crippen LogP contribution >= 0.6 is 0 Å². The van der Waals surface area contributed by atoms with E-state index in [2.05, 4.69) is 13.8 Å². The zero-order valence-corrected chi connectivity index (χ0v) is 18.0. The molecular formula is C24H50N+. The molecule has 1 heterocycles. The summed E-state index contributed by atoms with van der Waals surface area (Å²) in [7, 11) is 0. The third kappa shape index (κ3) is 12.1. The second kappa shape index (κ2) is 16.2. The highest BCUT2D eigenvalue weighted by molar-refractivity contribution is 4.57. The van der Waals surface area contributed by atoms with Crippen LogP contribution < -0.4 is 0 Å². The Bertz CT molecular complexity index is 245. The Morgan fingerprint density at radius 1 is 0.440 bits per heavy atom. The Morgan fingerprint density at radius 2 is 0.760 bits per heavy atom. The highest BCUT2D eigenvalue weighted by atomic mass is 15.4. The maximum Gasteiger partial charge on any atom is 0.0788 e. The SMILES string of the molecule is CCCCCCCCCC[N+]1(CCCCCCCCCC)CCCC1. The van der Waals surface area contributed by atoms with E-state index in [1.54, 1.807) is 0 Å². The molecule has 1 saturated heterocycles. The summed E-state index contributed by atoms with van der Waals surface area (Å²) < 4.78 is 1.49. The zero-order valence-electron chi connectivity index (χ0n) is 18.0. The Balaban J connectivity index is 2.01. The zero-order chi connectivity index (χ0) is 18.1. The van der Waals surface area contributed by atoms with Crippen molar-refractivity contribution in [3.05, 3.63) is 0 Å². The van der Waals surface area contributed by atoms with Crippen molar-refractivity contribution in [1.82, 2.24) is 0 Å². The van der Waals surface area contributed by atoms with Gasteiger partial charge in [0.25, 0.3) is 0 Å². The van der Waals surface area contributed by atoms with Gasteiger partial charge in [0.15, 0.2) is 0 Å². The van der Waals surface area contributed by atoms with Gasteiger partial charge in [-0.05, 0) is 25.7 Å². The molecule has 0 radical (unpaired) electrons. The first kappa shape index (κ1) is 23.0. The van der Waals surface area contributed by atoms with Gasteiger partial charge in [-0.1, -0.05) is 90.9 Å². The van der Waals surface area contributed by atoms with E-state index in [4.69, 9.17) is 0 Å². The molecule has 1 fully saturated rings. The van der Waals surface area contributed by atoms with E-state index in [1.807, 2.05) is 0 Å². The summed E-state index contributed by atoms with van der Waals surface area (Å²) in [4.78, 5) is 0. The van der Waals surface area contributed by atoms with Gasteiger partial charge in [0.1, 0.15) is 0 Å². The van der Waals surface area contributed by atoms with E-state index >= 15 is 0 Å². The average Bonchev–Trinajstić information content (AvgIpc) is 3.09. The van der Waals surface area contributed by atoms with Crippen LogP contribution in [-0.2, 0) is 0 Å². The third-order valence-electron chi connectivity index (χ3n) is 6.49. The lowest BCUT2D eigenvalue weighted by molar-refractivity contribution is -0.917. The molecule has 0 aliphatic carbocycles. The standard InChI is InChI=1S/C24H50N/c1-3-5-7-9-11-13-15-17-21-25(23-19-20-24-25)22-18-16-14-12-10-8-6-4-2/h3-24H2,1-2H3/q+1. The number of quaternary nitrogens is 1. The fraction of sp³-hybridized carbons (Fsp3) is 1.00. The van der Waals surface area contributed by atoms with Crippen LogP contribution in [0.25, 0.3) is 0 Å². The largest absolute Gasteiger partial charge is 0.324 e. The molecule has 0 bridgehead atoms. The van der Waals surface area contributed by atoms with Crippen molar-refractivity contribution in [2.45, 2.75) is 129 Å². The van der Waals surface area contributed by atoms with Crippen molar-refractivity contribution in [2.75, 3.05) is 26.2 Å². The van der Waals surface area contributed by atoms with E-state index in [-0.39, 0.29) is 0 Å². The molecule has 1 aliphatic rings. The molecule has 1 aliphatic heterocycles. The van der Waals surface area contributed by atoms with Gasteiger partial charge >= 0.3 is 0 Å². The highest BCUT2D eigenvalue weighted by Crippen LogP contribution is 2.23. The van der Waals surface area contributed by atoms with Crippen molar-refractivity contribution >= 4 is 0 Å². The van der Waals surface area contributed by atoms with E-state index in [1.165, 1.54) is 146 Å². The van der Waals surface area contributed by atoms with Crippen LogP contribution in [0.1, 0.15) is 129 Å². The summed E-state index contributed by atoms with van der Waals surface area (Å²) in [5.41, 5.74) is 0.